The lowest BCUT2D eigenvalue weighted by atomic mass is 9.73. The van der Waals surface area contributed by atoms with E-state index in [1.54, 1.807) is 0 Å². The van der Waals surface area contributed by atoms with Crippen molar-refractivity contribution >= 4 is 23.2 Å². The molecule has 1 saturated carbocycles. The van der Waals surface area contributed by atoms with E-state index in [9.17, 15) is 5.26 Å². The zero-order valence-electron chi connectivity index (χ0n) is 19.0. The van der Waals surface area contributed by atoms with Gasteiger partial charge in [-0.15, -0.1) is 0 Å². The predicted octanol–water partition coefficient (Wildman–Crippen LogP) is 7.68. The van der Waals surface area contributed by atoms with Gasteiger partial charge in [-0.1, -0.05) is 66.5 Å². The quantitative estimate of drug-likeness (QED) is 0.346. The third kappa shape index (κ3) is 5.83. The van der Waals surface area contributed by atoms with Gasteiger partial charge in [0.25, 0.3) is 0 Å². The third-order valence-electron chi connectivity index (χ3n) is 6.89. The van der Waals surface area contributed by atoms with Crippen LogP contribution < -0.4 is 0 Å². The van der Waals surface area contributed by atoms with E-state index < -0.39 is 5.41 Å². The van der Waals surface area contributed by atoms with Gasteiger partial charge < -0.3 is 0 Å². The molecule has 0 heterocycles. The van der Waals surface area contributed by atoms with Gasteiger partial charge in [0, 0.05) is 18.6 Å². The molecule has 0 aromatic heterocycles. The standard InChI is InChI=1S/C27H34Cl2N2/c1-4-24(31(20(2)3)17-15-21-8-6-5-7-9-21)14-16-27(19-30,22-10-11-22)23-12-13-25(28)26(29)18-23/h5-9,12-13,18,20,22,24H,4,10-11,14-17H2,1-3H3. The van der Waals surface area contributed by atoms with Crippen molar-refractivity contribution in [2.24, 2.45) is 5.92 Å². The molecule has 0 saturated heterocycles. The molecular formula is C27H34Cl2N2. The lowest BCUT2D eigenvalue weighted by Gasteiger charge is -2.37. The molecule has 2 unspecified atom stereocenters. The Balaban J connectivity index is 1.76. The van der Waals surface area contributed by atoms with E-state index in [2.05, 4.69) is 62.1 Å². The maximum atomic E-state index is 10.3. The van der Waals surface area contributed by atoms with Gasteiger partial charge in [0.15, 0.2) is 0 Å². The number of nitrogens with zero attached hydrogens (tertiary/aromatic N) is 2. The van der Waals surface area contributed by atoms with Crippen LogP contribution in [0, 0.1) is 17.2 Å². The minimum Gasteiger partial charge on any atom is -0.298 e. The summed E-state index contributed by atoms with van der Waals surface area (Å²) in [4.78, 5) is 2.62. The zero-order chi connectivity index (χ0) is 22.4. The van der Waals surface area contributed by atoms with Crippen molar-refractivity contribution in [1.29, 1.82) is 5.26 Å². The van der Waals surface area contributed by atoms with Gasteiger partial charge in [0.05, 0.1) is 21.5 Å². The van der Waals surface area contributed by atoms with Gasteiger partial charge in [0.1, 0.15) is 0 Å². The number of hydrogen-bond acceptors (Lipinski definition) is 2. The maximum absolute atomic E-state index is 10.3. The van der Waals surface area contributed by atoms with Crippen LogP contribution in [-0.4, -0.2) is 23.5 Å². The molecule has 1 fully saturated rings. The zero-order valence-corrected chi connectivity index (χ0v) is 20.5. The maximum Gasteiger partial charge on any atom is 0.0851 e. The van der Waals surface area contributed by atoms with Gasteiger partial charge in [-0.2, -0.15) is 5.26 Å². The SMILES string of the molecule is CCC(CCC(C#N)(c1ccc(Cl)c(Cl)c1)C1CC1)N(CCc1ccccc1)C(C)C. The minimum absolute atomic E-state index is 0.420. The highest BCUT2D eigenvalue weighted by Crippen LogP contribution is 2.51. The molecule has 4 heteroatoms. The molecular weight excluding hydrogens is 423 g/mol. The topological polar surface area (TPSA) is 27.0 Å². The van der Waals surface area contributed by atoms with Crippen molar-refractivity contribution in [3.05, 3.63) is 69.7 Å². The predicted molar refractivity (Wildman–Crippen MR) is 132 cm³/mol. The fraction of sp³-hybridized carbons (Fsp3) is 0.519. The van der Waals surface area contributed by atoms with Crippen LogP contribution in [0.4, 0.5) is 0 Å². The molecule has 2 aromatic carbocycles. The van der Waals surface area contributed by atoms with E-state index in [0.29, 0.717) is 28.0 Å². The highest BCUT2D eigenvalue weighted by Gasteiger charge is 2.47. The first kappa shape index (κ1) is 24.1. The molecule has 166 valence electrons. The first-order valence-electron chi connectivity index (χ1n) is 11.6. The molecule has 1 aliphatic carbocycles. The Hall–Kier alpha value is -1.53. The van der Waals surface area contributed by atoms with Gasteiger partial charge in [-0.3, -0.25) is 4.90 Å². The van der Waals surface area contributed by atoms with E-state index >= 15 is 0 Å². The summed E-state index contributed by atoms with van der Waals surface area (Å²) >= 11 is 12.5. The molecule has 0 aliphatic heterocycles. The molecule has 0 bridgehead atoms. The summed E-state index contributed by atoms with van der Waals surface area (Å²) in [6.07, 6.45) is 6.24. The van der Waals surface area contributed by atoms with Crippen molar-refractivity contribution < 1.29 is 0 Å². The van der Waals surface area contributed by atoms with Crippen LogP contribution in [0.15, 0.2) is 48.5 Å². The molecule has 2 atom stereocenters. The fourth-order valence-corrected chi connectivity index (χ4v) is 5.21. The van der Waals surface area contributed by atoms with Gasteiger partial charge >= 0.3 is 0 Å². The highest BCUT2D eigenvalue weighted by molar-refractivity contribution is 6.42. The largest absolute Gasteiger partial charge is 0.298 e. The van der Waals surface area contributed by atoms with E-state index in [1.165, 1.54) is 5.56 Å². The fourth-order valence-electron chi connectivity index (χ4n) is 4.91. The second-order valence-corrected chi connectivity index (χ2v) is 9.97. The normalized spacial score (nSPS) is 16.8. The first-order chi connectivity index (χ1) is 14.9. The summed E-state index contributed by atoms with van der Waals surface area (Å²) < 4.78 is 0. The lowest BCUT2D eigenvalue weighted by molar-refractivity contribution is 0.135. The summed E-state index contributed by atoms with van der Waals surface area (Å²) in [5, 5.41) is 11.4. The monoisotopic (exact) mass is 456 g/mol. The lowest BCUT2D eigenvalue weighted by Crippen LogP contribution is -2.42. The van der Waals surface area contributed by atoms with Crippen LogP contribution in [0.1, 0.15) is 64.0 Å². The summed E-state index contributed by atoms with van der Waals surface area (Å²) in [5.74, 6) is 0.420. The van der Waals surface area contributed by atoms with Gasteiger partial charge in [-0.25, -0.2) is 0 Å². The first-order valence-corrected chi connectivity index (χ1v) is 12.3. The Morgan fingerprint density at radius 2 is 1.81 bits per heavy atom. The van der Waals surface area contributed by atoms with Crippen molar-refractivity contribution in [3.63, 3.8) is 0 Å². The smallest absolute Gasteiger partial charge is 0.0851 e. The molecule has 2 nitrogen and oxygen atoms in total. The van der Waals surface area contributed by atoms with Gasteiger partial charge in [0.2, 0.25) is 0 Å². The number of halogens is 2. The molecule has 0 spiro atoms. The van der Waals surface area contributed by atoms with Crippen molar-refractivity contribution in [2.75, 3.05) is 6.54 Å². The number of rotatable bonds is 11. The van der Waals surface area contributed by atoms with E-state index in [-0.39, 0.29) is 0 Å². The molecule has 1 aliphatic rings. The Kier molecular flexibility index (Phi) is 8.45. The summed E-state index contributed by atoms with van der Waals surface area (Å²) in [5.41, 5.74) is 1.94. The number of hydrogen-bond donors (Lipinski definition) is 0. The summed E-state index contributed by atoms with van der Waals surface area (Å²) in [7, 11) is 0. The van der Waals surface area contributed by atoms with Crippen LogP contribution in [0.3, 0.4) is 0 Å². The average molecular weight is 457 g/mol. The van der Waals surface area contributed by atoms with Crippen LogP contribution in [0.2, 0.25) is 10.0 Å². The van der Waals surface area contributed by atoms with Crippen LogP contribution in [-0.2, 0) is 11.8 Å². The second kappa shape index (κ2) is 10.9. The Bertz CT molecular complexity index is 886. The van der Waals surface area contributed by atoms with Crippen molar-refractivity contribution in [1.82, 2.24) is 4.90 Å². The highest BCUT2D eigenvalue weighted by atomic mass is 35.5. The summed E-state index contributed by atoms with van der Waals surface area (Å²) in [6.45, 7) is 7.87. The van der Waals surface area contributed by atoms with E-state index in [0.717, 1.165) is 50.6 Å². The Labute approximate surface area is 198 Å². The van der Waals surface area contributed by atoms with Crippen LogP contribution >= 0.6 is 23.2 Å². The molecule has 0 radical (unpaired) electrons. The molecule has 0 N–H and O–H groups in total. The average Bonchev–Trinajstić information content (AvgIpc) is 3.61. The number of benzene rings is 2. The van der Waals surface area contributed by atoms with E-state index in [4.69, 9.17) is 23.2 Å². The van der Waals surface area contributed by atoms with Crippen LogP contribution in [0.5, 0.6) is 0 Å². The second-order valence-electron chi connectivity index (χ2n) is 9.15. The van der Waals surface area contributed by atoms with Crippen LogP contribution in [0.25, 0.3) is 0 Å². The Morgan fingerprint density at radius 3 is 2.35 bits per heavy atom. The molecule has 0 amide bonds. The van der Waals surface area contributed by atoms with Crippen molar-refractivity contribution in [3.8, 4) is 6.07 Å². The molecule has 31 heavy (non-hydrogen) atoms. The third-order valence-corrected chi connectivity index (χ3v) is 7.62. The summed E-state index contributed by atoms with van der Waals surface area (Å²) in [6, 6.07) is 20.1. The molecule has 3 rings (SSSR count). The number of nitriles is 1. The molecule has 2 aromatic rings. The van der Waals surface area contributed by atoms with E-state index in [1.807, 2.05) is 18.2 Å². The van der Waals surface area contributed by atoms with Crippen molar-refractivity contribution in [2.45, 2.75) is 76.8 Å². The minimum atomic E-state index is -0.469. The van der Waals surface area contributed by atoms with Gasteiger partial charge in [-0.05, 0) is 81.5 Å². The Morgan fingerprint density at radius 1 is 1.10 bits per heavy atom.